The number of ketones is 1. The molecular formula is C13H17FO2. The van der Waals surface area contributed by atoms with E-state index in [1.165, 1.54) is 6.07 Å². The van der Waals surface area contributed by atoms with E-state index in [-0.39, 0.29) is 30.2 Å². The van der Waals surface area contributed by atoms with Crippen molar-refractivity contribution >= 4 is 5.78 Å². The molecule has 1 rings (SSSR count). The SMILES string of the molecule is CC(C)(C)OCC(=O)Cc1ccccc1F. The third-order valence-corrected chi connectivity index (χ3v) is 2.01. The normalized spacial score (nSPS) is 11.5. The van der Waals surface area contributed by atoms with Gasteiger partial charge in [-0.25, -0.2) is 4.39 Å². The van der Waals surface area contributed by atoms with Crippen LogP contribution in [0.4, 0.5) is 4.39 Å². The number of benzene rings is 1. The molecule has 0 radical (unpaired) electrons. The van der Waals surface area contributed by atoms with Gasteiger partial charge in [0.05, 0.1) is 5.60 Å². The minimum Gasteiger partial charge on any atom is -0.368 e. The van der Waals surface area contributed by atoms with Crippen LogP contribution in [-0.4, -0.2) is 18.0 Å². The molecule has 0 N–H and O–H groups in total. The van der Waals surface area contributed by atoms with Gasteiger partial charge >= 0.3 is 0 Å². The molecule has 0 aromatic heterocycles. The first-order chi connectivity index (χ1) is 7.38. The number of carbonyl (C=O) groups excluding carboxylic acids is 1. The van der Waals surface area contributed by atoms with Crippen molar-refractivity contribution in [3.8, 4) is 0 Å². The smallest absolute Gasteiger partial charge is 0.162 e. The van der Waals surface area contributed by atoms with Crippen LogP contribution >= 0.6 is 0 Å². The lowest BCUT2D eigenvalue weighted by atomic mass is 10.1. The zero-order valence-corrected chi connectivity index (χ0v) is 9.92. The minimum absolute atomic E-state index is 0.0256. The van der Waals surface area contributed by atoms with Gasteiger partial charge in [0, 0.05) is 6.42 Å². The molecule has 0 aliphatic carbocycles. The fourth-order valence-electron chi connectivity index (χ4n) is 1.20. The zero-order chi connectivity index (χ0) is 12.2. The number of ether oxygens (including phenoxy) is 1. The summed E-state index contributed by atoms with van der Waals surface area (Å²) in [5.74, 6) is -0.452. The van der Waals surface area contributed by atoms with Crippen LogP contribution in [0.1, 0.15) is 26.3 Å². The predicted molar refractivity (Wildman–Crippen MR) is 60.8 cm³/mol. The predicted octanol–water partition coefficient (Wildman–Crippen LogP) is 2.75. The van der Waals surface area contributed by atoms with E-state index in [1.54, 1.807) is 18.2 Å². The highest BCUT2D eigenvalue weighted by Gasteiger charge is 2.14. The van der Waals surface area contributed by atoms with E-state index < -0.39 is 0 Å². The van der Waals surface area contributed by atoms with Crippen molar-refractivity contribution in [3.05, 3.63) is 35.6 Å². The van der Waals surface area contributed by atoms with Crippen molar-refractivity contribution in [2.24, 2.45) is 0 Å². The average molecular weight is 224 g/mol. The summed E-state index contributed by atoms with van der Waals surface area (Å²) in [6, 6.07) is 6.29. The molecule has 0 spiro atoms. The van der Waals surface area contributed by atoms with Crippen LogP contribution in [0.5, 0.6) is 0 Å². The zero-order valence-electron chi connectivity index (χ0n) is 9.92. The van der Waals surface area contributed by atoms with Crippen molar-refractivity contribution in [2.75, 3.05) is 6.61 Å². The van der Waals surface area contributed by atoms with Gasteiger partial charge in [-0.15, -0.1) is 0 Å². The molecule has 0 saturated heterocycles. The Morgan fingerprint density at radius 2 is 1.94 bits per heavy atom. The molecule has 1 aromatic carbocycles. The number of carbonyl (C=O) groups is 1. The summed E-state index contributed by atoms with van der Waals surface area (Å²) in [6.07, 6.45) is 0.0861. The summed E-state index contributed by atoms with van der Waals surface area (Å²) in [5, 5.41) is 0. The number of hydrogen-bond donors (Lipinski definition) is 0. The van der Waals surface area contributed by atoms with Gasteiger partial charge < -0.3 is 4.74 Å². The van der Waals surface area contributed by atoms with E-state index in [1.807, 2.05) is 20.8 Å². The third-order valence-electron chi connectivity index (χ3n) is 2.01. The van der Waals surface area contributed by atoms with E-state index in [4.69, 9.17) is 4.74 Å². The molecule has 0 aliphatic heterocycles. The lowest BCUT2D eigenvalue weighted by Crippen LogP contribution is -2.24. The summed E-state index contributed by atoms with van der Waals surface area (Å²) in [6.45, 7) is 5.66. The van der Waals surface area contributed by atoms with Gasteiger partial charge in [-0.05, 0) is 32.4 Å². The lowest BCUT2D eigenvalue weighted by Gasteiger charge is -2.18. The Kier molecular flexibility index (Phi) is 4.19. The Labute approximate surface area is 95.4 Å². The number of hydrogen-bond acceptors (Lipinski definition) is 2. The van der Waals surface area contributed by atoms with Crippen molar-refractivity contribution in [3.63, 3.8) is 0 Å². The molecule has 16 heavy (non-hydrogen) atoms. The molecule has 0 amide bonds. The Morgan fingerprint density at radius 3 is 2.50 bits per heavy atom. The molecule has 88 valence electrons. The summed E-state index contributed by atoms with van der Waals surface area (Å²) < 4.78 is 18.6. The van der Waals surface area contributed by atoms with Crippen molar-refractivity contribution in [2.45, 2.75) is 32.8 Å². The molecule has 0 heterocycles. The molecule has 0 bridgehead atoms. The highest BCUT2D eigenvalue weighted by Crippen LogP contribution is 2.10. The van der Waals surface area contributed by atoms with Crippen molar-refractivity contribution < 1.29 is 13.9 Å². The summed E-state index contributed by atoms with van der Waals surface area (Å²) in [4.78, 5) is 11.5. The molecular weight excluding hydrogens is 207 g/mol. The van der Waals surface area contributed by atoms with Gasteiger partial charge in [-0.3, -0.25) is 4.79 Å². The molecule has 0 fully saturated rings. The maximum atomic E-state index is 13.2. The molecule has 0 atom stereocenters. The second-order valence-corrected chi connectivity index (χ2v) is 4.71. The fourth-order valence-corrected chi connectivity index (χ4v) is 1.20. The molecule has 0 aliphatic rings. The molecule has 1 aromatic rings. The summed E-state index contributed by atoms with van der Waals surface area (Å²) in [5.41, 5.74) is 0.0789. The van der Waals surface area contributed by atoms with Gasteiger partial charge in [0.15, 0.2) is 5.78 Å². The van der Waals surface area contributed by atoms with Gasteiger partial charge in [0.25, 0.3) is 0 Å². The summed E-state index contributed by atoms with van der Waals surface area (Å²) in [7, 11) is 0. The fraction of sp³-hybridized carbons (Fsp3) is 0.462. The van der Waals surface area contributed by atoms with E-state index in [9.17, 15) is 9.18 Å². The van der Waals surface area contributed by atoms with Crippen molar-refractivity contribution in [1.82, 2.24) is 0 Å². The van der Waals surface area contributed by atoms with Gasteiger partial charge in [-0.2, -0.15) is 0 Å². The van der Waals surface area contributed by atoms with E-state index in [0.717, 1.165) is 0 Å². The second-order valence-electron chi connectivity index (χ2n) is 4.71. The first kappa shape index (κ1) is 12.8. The largest absolute Gasteiger partial charge is 0.368 e. The van der Waals surface area contributed by atoms with Crippen LogP contribution < -0.4 is 0 Å². The number of Topliss-reactive ketones (excluding diaryl/α,β-unsaturated/α-hetero) is 1. The Bertz CT molecular complexity index is 366. The van der Waals surface area contributed by atoms with Gasteiger partial charge in [0.1, 0.15) is 12.4 Å². The second kappa shape index (κ2) is 5.21. The quantitative estimate of drug-likeness (QED) is 0.786. The van der Waals surface area contributed by atoms with Gasteiger partial charge in [-0.1, -0.05) is 18.2 Å². The van der Waals surface area contributed by atoms with Gasteiger partial charge in [0.2, 0.25) is 0 Å². The number of halogens is 1. The Morgan fingerprint density at radius 1 is 1.31 bits per heavy atom. The lowest BCUT2D eigenvalue weighted by molar-refractivity contribution is -0.127. The van der Waals surface area contributed by atoms with Crippen LogP contribution in [0.2, 0.25) is 0 Å². The van der Waals surface area contributed by atoms with Crippen LogP contribution in [0.15, 0.2) is 24.3 Å². The van der Waals surface area contributed by atoms with Crippen LogP contribution in [0.25, 0.3) is 0 Å². The Hall–Kier alpha value is -1.22. The monoisotopic (exact) mass is 224 g/mol. The van der Waals surface area contributed by atoms with Crippen LogP contribution in [0, 0.1) is 5.82 Å². The van der Waals surface area contributed by atoms with Crippen LogP contribution in [0.3, 0.4) is 0 Å². The third kappa shape index (κ3) is 4.53. The maximum absolute atomic E-state index is 13.2. The first-order valence-electron chi connectivity index (χ1n) is 5.27. The highest BCUT2D eigenvalue weighted by atomic mass is 19.1. The summed E-state index contributed by atoms with van der Waals surface area (Å²) >= 11 is 0. The Balaban J connectivity index is 2.50. The molecule has 2 nitrogen and oxygen atoms in total. The highest BCUT2D eigenvalue weighted by molar-refractivity contribution is 5.82. The average Bonchev–Trinajstić information content (AvgIpc) is 2.18. The standard InChI is InChI=1S/C13H17FO2/c1-13(2,3)16-9-11(15)8-10-6-4-5-7-12(10)14/h4-7H,8-9H2,1-3H3. The van der Waals surface area contributed by atoms with Crippen LogP contribution in [-0.2, 0) is 16.0 Å². The molecule has 3 heteroatoms. The van der Waals surface area contributed by atoms with E-state index in [0.29, 0.717) is 5.56 Å². The molecule has 0 unspecified atom stereocenters. The minimum atomic E-state index is -0.342. The topological polar surface area (TPSA) is 26.3 Å². The maximum Gasteiger partial charge on any atom is 0.162 e. The first-order valence-corrected chi connectivity index (χ1v) is 5.27. The molecule has 0 saturated carbocycles. The van der Waals surface area contributed by atoms with E-state index >= 15 is 0 Å². The number of rotatable bonds is 4. The van der Waals surface area contributed by atoms with E-state index in [2.05, 4.69) is 0 Å². The van der Waals surface area contributed by atoms with Crippen molar-refractivity contribution in [1.29, 1.82) is 0 Å².